The first-order chi connectivity index (χ1) is 14.5. The van der Waals surface area contributed by atoms with E-state index in [2.05, 4.69) is 20.3 Å². The van der Waals surface area contributed by atoms with Gasteiger partial charge in [0.05, 0.1) is 12.9 Å². The van der Waals surface area contributed by atoms with E-state index in [0.29, 0.717) is 16.7 Å². The summed E-state index contributed by atoms with van der Waals surface area (Å²) < 4.78 is 23.2. The highest BCUT2D eigenvalue weighted by Crippen LogP contribution is 2.40. The lowest BCUT2D eigenvalue weighted by atomic mass is 10.2. The molecule has 11 nitrogen and oxygen atoms in total. The Hall–Kier alpha value is -2.53. The van der Waals surface area contributed by atoms with E-state index in [-0.39, 0.29) is 11.7 Å². The van der Waals surface area contributed by atoms with Gasteiger partial charge < -0.3 is 15.2 Å². The fourth-order valence-corrected chi connectivity index (χ4v) is 4.14. The van der Waals surface area contributed by atoms with E-state index in [1.807, 2.05) is 0 Å². The molecule has 1 saturated heterocycles. The second kappa shape index (κ2) is 8.68. The van der Waals surface area contributed by atoms with Crippen molar-refractivity contribution in [1.82, 2.24) is 19.5 Å². The quantitative estimate of drug-likeness (QED) is 0.374. The molecule has 3 N–H and O–H groups in total. The molecule has 1 aromatic carbocycles. The molecule has 0 aliphatic carbocycles. The van der Waals surface area contributed by atoms with E-state index in [1.165, 1.54) is 17.2 Å². The smallest absolute Gasteiger partial charge is 0.394 e. The first-order valence-corrected chi connectivity index (χ1v) is 10.3. The number of imidazole rings is 1. The predicted molar refractivity (Wildman–Crippen MR) is 105 cm³/mol. The minimum atomic E-state index is -2.94. The highest BCUT2D eigenvalue weighted by Gasteiger charge is 2.50. The lowest BCUT2D eigenvalue weighted by molar-refractivity contribution is -0.0393. The van der Waals surface area contributed by atoms with Crippen molar-refractivity contribution >= 4 is 42.7 Å². The highest BCUT2D eigenvalue weighted by molar-refractivity contribution is 7.32. The van der Waals surface area contributed by atoms with Gasteiger partial charge in [-0.3, -0.25) is 9.36 Å². The Morgan fingerprint density at radius 3 is 2.77 bits per heavy atom. The van der Waals surface area contributed by atoms with Crippen molar-refractivity contribution in [2.75, 3.05) is 11.9 Å². The maximum absolute atomic E-state index is 12.5. The van der Waals surface area contributed by atoms with Crippen molar-refractivity contribution in [3.63, 3.8) is 0 Å². The molecule has 4 rings (SSSR count). The van der Waals surface area contributed by atoms with Crippen molar-refractivity contribution in [2.45, 2.75) is 23.8 Å². The zero-order valence-electron chi connectivity index (χ0n) is 15.2. The summed E-state index contributed by atoms with van der Waals surface area (Å²) in [6.07, 6.45) is -0.178. The Morgan fingerprint density at radius 2 is 2.07 bits per heavy atom. The molecule has 30 heavy (non-hydrogen) atoms. The first-order valence-electron chi connectivity index (χ1n) is 8.77. The number of anilines is 1. The van der Waals surface area contributed by atoms with Gasteiger partial charge in [0, 0.05) is 10.1 Å². The number of benzene rings is 1. The molecule has 0 bridgehead atoms. The summed E-state index contributed by atoms with van der Waals surface area (Å²) in [5.74, 6) is -0.167. The number of fused-ring (bicyclic) bond motifs is 1. The summed E-state index contributed by atoms with van der Waals surface area (Å²) in [7, 11) is -2.94. The molecule has 1 aliphatic rings. The van der Waals surface area contributed by atoms with E-state index in [4.69, 9.17) is 25.8 Å². The maximum atomic E-state index is 12.5. The van der Waals surface area contributed by atoms with Crippen molar-refractivity contribution in [3.8, 4) is 0 Å². The molecule has 1 unspecified atom stereocenters. The summed E-state index contributed by atoms with van der Waals surface area (Å²) >= 11 is 6.40. The number of amides is 1. The second-order valence-electron chi connectivity index (χ2n) is 6.37. The fraction of sp³-hybridized carbons (Fsp3) is 0.294. The molecule has 0 radical (unpaired) electrons. The molecule has 3 heterocycles. The molecule has 13 heteroatoms. The van der Waals surface area contributed by atoms with Crippen LogP contribution >= 0.6 is 19.9 Å². The Labute approximate surface area is 175 Å². The lowest BCUT2D eigenvalue weighted by Crippen LogP contribution is -2.31. The summed E-state index contributed by atoms with van der Waals surface area (Å²) in [5.41, 5.74) is 1.06. The molecule has 0 spiro atoms. The van der Waals surface area contributed by atoms with Crippen LogP contribution in [0.4, 0.5) is 5.82 Å². The summed E-state index contributed by atoms with van der Waals surface area (Å²) in [6.45, 7) is -0.465. The van der Waals surface area contributed by atoms with E-state index in [1.54, 1.807) is 30.3 Å². The summed E-state index contributed by atoms with van der Waals surface area (Å²) in [5, 5.41) is 11.3. The van der Waals surface area contributed by atoms with Gasteiger partial charge in [-0.25, -0.2) is 15.0 Å². The molecule has 5 atom stereocenters. The topological polar surface area (TPSA) is 149 Å². The Balaban J connectivity index is 1.63. The van der Waals surface area contributed by atoms with Crippen LogP contribution < -0.4 is 5.32 Å². The van der Waals surface area contributed by atoms with Gasteiger partial charge in [-0.2, -0.15) is 0 Å². The van der Waals surface area contributed by atoms with Gasteiger partial charge in [0.15, 0.2) is 29.3 Å². The second-order valence-corrected chi connectivity index (χ2v) is 7.56. The number of halogens is 1. The fourth-order valence-electron chi connectivity index (χ4n) is 3.19. The average molecular weight is 453 g/mol. The van der Waals surface area contributed by atoms with Gasteiger partial charge in [-0.05, 0) is 12.1 Å². The van der Waals surface area contributed by atoms with Gasteiger partial charge >= 0.3 is 8.25 Å². The van der Waals surface area contributed by atoms with Crippen molar-refractivity contribution in [2.24, 2.45) is 0 Å². The standard InChI is InChI=1S/C17H15ClN5O6P/c18-11-13(29-30(26)27)10(6-24)28-17(11)23-8-21-12-14(19-7-20-15(12)23)22-16(25)9-4-2-1-3-5-9/h1-5,7-8,10-11,13,17,24H,6H2,(H-,19,20,22,25,26,27)/p+1/t10-,11-,13-,17-/m1/s1. The van der Waals surface area contributed by atoms with Crippen LogP contribution in [0.5, 0.6) is 0 Å². The zero-order chi connectivity index (χ0) is 21.3. The highest BCUT2D eigenvalue weighted by atomic mass is 35.5. The number of carbonyl (C=O) groups is 1. The van der Waals surface area contributed by atoms with Crippen molar-refractivity contribution in [3.05, 3.63) is 48.5 Å². The molecular weight excluding hydrogens is 437 g/mol. The van der Waals surface area contributed by atoms with Crippen LogP contribution in [0.15, 0.2) is 43.0 Å². The number of hydrogen-bond donors (Lipinski definition) is 3. The van der Waals surface area contributed by atoms with Gasteiger partial charge in [-0.15, -0.1) is 21.0 Å². The van der Waals surface area contributed by atoms with Gasteiger partial charge in [0.2, 0.25) is 0 Å². The van der Waals surface area contributed by atoms with Gasteiger partial charge in [0.1, 0.15) is 17.8 Å². The number of ether oxygens (including phenoxy) is 1. The maximum Gasteiger partial charge on any atom is 0.695 e. The average Bonchev–Trinajstić information content (AvgIpc) is 3.30. The monoisotopic (exact) mass is 452 g/mol. The van der Waals surface area contributed by atoms with Crippen molar-refractivity contribution < 1.29 is 28.6 Å². The number of hydrogen-bond acceptors (Lipinski definition) is 8. The van der Waals surface area contributed by atoms with Crippen LogP contribution in [0.3, 0.4) is 0 Å². The normalized spacial score (nSPS) is 24.2. The minimum Gasteiger partial charge on any atom is -0.394 e. The number of aliphatic hydroxyl groups excluding tert-OH is 1. The van der Waals surface area contributed by atoms with Gasteiger partial charge in [0.25, 0.3) is 5.91 Å². The lowest BCUT2D eigenvalue weighted by Gasteiger charge is -2.15. The van der Waals surface area contributed by atoms with Crippen LogP contribution in [0.2, 0.25) is 0 Å². The number of aliphatic hydroxyl groups is 1. The Morgan fingerprint density at radius 1 is 1.30 bits per heavy atom. The number of aromatic nitrogens is 4. The van der Waals surface area contributed by atoms with Crippen LogP contribution in [0.25, 0.3) is 11.2 Å². The molecular formula is C17H16ClN5O6P+. The minimum absolute atomic E-state index is 0.196. The van der Waals surface area contributed by atoms with E-state index in [0.717, 1.165) is 0 Å². The van der Waals surface area contributed by atoms with E-state index in [9.17, 15) is 14.5 Å². The molecule has 1 fully saturated rings. The molecule has 1 amide bonds. The SMILES string of the molecule is O=C(Nc1ncnc2c1ncn2[C@@H]1O[C@H](CO)[C@@H](O[P+](=O)O)[C@H]1Cl)c1ccccc1. The number of rotatable bonds is 6. The molecule has 3 aromatic rings. The number of carbonyl (C=O) groups excluding carboxylic acids is 1. The Kier molecular flexibility index (Phi) is 6.00. The van der Waals surface area contributed by atoms with Crippen LogP contribution in [-0.2, 0) is 13.8 Å². The third-order valence-electron chi connectivity index (χ3n) is 4.56. The predicted octanol–water partition coefficient (Wildman–Crippen LogP) is 1.61. The summed E-state index contributed by atoms with van der Waals surface area (Å²) in [4.78, 5) is 34.0. The molecule has 2 aromatic heterocycles. The molecule has 156 valence electrons. The largest absolute Gasteiger partial charge is 0.695 e. The summed E-state index contributed by atoms with van der Waals surface area (Å²) in [6, 6.07) is 8.62. The first kappa shape index (κ1) is 20.7. The molecule has 1 aliphatic heterocycles. The van der Waals surface area contributed by atoms with Crippen molar-refractivity contribution in [1.29, 1.82) is 0 Å². The number of nitrogens with zero attached hydrogens (tertiary/aromatic N) is 4. The van der Waals surface area contributed by atoms with Crippen LogP contribution in [-0.4, -0.2) is 59.6 Å². The van der Waals surface area contributed by atoms with E-state index < -0.39 is 38.7 Å². The third-order valence-corrected chi connectivity index (χ3v) is 5.45. The van der Waals surface area contributed by atoms with Crippen LogP contribution in [0.1, 0.15) is 16.6 Å². The zero-order valence-corrected chi connectivity index (χ0v) is 16.8. The Bertz CT molecular complexity index is 1080. The number of nitrogens with one attached hydrogen (secondary N) is 1. The van der Waals surface area contributed by atoms with E-state index >= 15 is 0 Å². The molecule has 0 saturated carbocycles. The van der Waals surface area contributed by atoms with Crippen LogP contribution in [0, 0.1) is 0 Å². The van der Waals surface area contributed by atoms with Gasteiger partial charge in [-0.1, -0.05) is 18.2 Å². The number of alkyl halides is 1. The third kappa shape index (κ3) is 3.91.